The molecular weight excluding hydrogens is 328 g/mol. The Labute approximate surface area is 153 Å². The first-order valence-corrected chi connectivity index (χ1v) is 9.09. The molecule has 0 fully saturated rings. The van der Waals surface area contributed by atoms with E-state index < -0.39 is 5.97 Å². The van der Waals surface area contributed by atoms with Crippen LogP contribution in [0.1, 0.15) is 61.9 Å². The van der Waals surface area contributed by atoms with Crippen molar-refractivity contribution in [3.63, 3.8) is 0 Å². The molecule has 0 saturated heterocycles. The molecule has 0 aliphatic heterocycles. The molecule has 2 heterocycles. The number of fused-ring (bicyclic) bond motifs is 1. The molecule has 136 valence electrons. The third kappa shape index (κ3) is 3.19. The zero-order valence-electron chi connectivity index (χ0n) is 15.7. The number of aromatic nitrogens is 4. The summed E-state index contributed by atoms with van der Waals surface area (Å²) >= 11 is 0. The number of hydrogen-bond donors (Lipinski definition) is 0. The van der Waals surface area contributed by atoms with E-state index in [9.17, 15) is 4.79 Å². The van der Waals surface area contributed by atoms with Crippen LogP contribution >= 0.6 is 0 Å². The summed E-state index contributed by atoms with van der Waals surface area (Å²) in [4.78, 5) is 12.3. The molecule has 0 spiro atoms. The van der Waals surface area contributed by atoms with Crippen LogP contribution in [0.2, 0.25) is 0 Å². The lowest BCUT2D eigenvalue weighted by Crippen LogP contribution is -2.16. The maximum atomic E-state index is 12.3. The van der Waals surface area contributed by atoms with Crippen LogP contribution in [0, 0.1) is 0 Å². The Morgan fingerprint density at radius 1 is 1.15 bits per heavy atom. The van der Waals surface area contributed by atoms with Crippen molar-refractivity contribution in [1.29, 1.82) is 0 Å². The molecule has 0 aliphatic carbocycles. The number of rotatable bonds is 6. The van der Waals surface area contributed by atoms with Crippen molar-refractivity contribution in [3.8, 4) is 11.1 Å². The van der Waals surface area contributed by atoms with Gasteiger partial charge in [-0.15, -0.1) is 10.2 Å². The Balaban J connectivity index is 2.31. The largest absolute Gasteiger partial charge is 0.461 e. The molecule has 3 rings (SSSR count). The molecule has 6 heteroatoms. The second-order valence-electron chi connectivity index (χ2n) is 6.48. The average Bonchev–Trinajstić information content (AvgIpc) is 3.03. The van der Waals surface area contributed by atoms with E-state index in [1.807, 2.05) is 30.3 Å². The van der Waals surface area contributed by atoms with E-state index in [-0.39, 0.29) is 11.6 Å². The lowest BCUT2D eigenvalue weighted by molar-refractivity contribution is 0.0515. The highest BCUT2D eigenvalue weighted by Crippen LogP contribution is 2.32. The Kier molecular flexibility index (Phi) is 5.30. The first kappa shape index (κ1) is 18.0. The summed E-state index contributed by atoms with van der Waals surface area (Å²) < 4.78 is 6.93. The van der Waals surface area contributed by atoms with Gasteiger partial charge in [0.05, 0.1) is 23.6 Å². The van der Waals surface area contributed by atoms with Gasteiger partial charge in [-0.05, 0) is 24.8 Å². The van der Waals surface area contributed by atoms with E-state index in [1.54, 1.807) is 11.4 Å². The molecule has 0 saturated carbocycles. The maximum absolute atomic E-state index is 12.3. The quantitative estimate of drug-likeness (QED) is 0.626. The van der Waals surface area contributed by atoms with Gasteiger partial charge in [-0.25, -0.2) is 9.31 Å². The van der Waals surface area contributed by atoms with Gasteiger partial charge in [0.2, 0.25) is 0 Å². The Morgan fingerprint density at radius 3 is 2.50 bits per heavy atom. The van der Waals surface area contributed by atoms with Crippen molar-refractivity contribution in [2.24, 2.45) is 0 Å². The van der Waals surface area contributed by atoms with Gasteiger partial charge in [-0.2, -0.15) is 5.10 Å². The highest BCUT2D eigenvalue weighted by Gasteiger charge is 2.24. The number of benzene rings is 1. The van der Waals surface area contributed by atoms with Crippen LogP contribution in [0.25, 0.3) is 16.8 Å². The summed E-state index contributed by atoms with van der Waals surface area (Å²) in [7, 11) is 0. The van der Waals surface area contributed by atoms with Crippen molar-refractivity contribution in [3.05, 3.63) is 47.4 Å². The van der Waals surface area contributed by atoms with Crippen LogP contribution in [-0.4, -0.2) is 32.4 Å². The smallest absolute Gasteiger partial charge is 0.360 e. The normalized spacial score (nSPS) is 11.3. The van der Waals surface area contributed by atoms with Gasteiger partial charge >= 0.3 is 5.97 Å². The topological polar surface area (TPSA) is 69.4 Å². The fraction of sp³-hybridized carbons (Fsp3) is 0.400. The van der Waals surface area contributed by atoms with E-state index >= 15 is 0 Å². The van der Waals surface area contributed by atoms with Crippen molar-refractivity contribution in [1.82, 2.24) is 19.8 Å². The van der Waals surface area contributed by atoms with Gasteiger partial charge < -0.3 is 4.74 Å². The van der Waals surface area contributed by atoms with Gasteiger partial charge in [0, 0.05) is 0 Å². The number of aryl methyl sites for hydroxylation is 1. The maximum Gasteiger partial charge on any atom is 0.360 e. The molecule has 2 aromatic heterocycles. The number of nitrogens with zero attached hydrogens (tertiary/aromatic N) is 4. The number of ether oxygens (including phenoxy) is 1. The second-order valence-corrected chi connectivity index (χ2v) is 6.48. The van der Waals surface area contributed by atoms with Gasteiger partial charge in [0.1, 0.15) is 0 Å². The molecule has 0 aliphatic rings. The van der Waals surface area contributed by atoms with E-state index in [2.05, 4.69) is 31.0 Å². The molecule has 6 nitrogen and oxygen atoms in total. The number of carbonyl (C=O) groups excluding carboxylic acids is 1. The minimum absolute atomic E-state index is 0.215. The summed E-state index contributed by atoms with van der Waals surface area (Å²) in [6.45, 7) is 8.35. The molecule has 3 aromatic rings. The predicted octanol–water partition coefficient (Wildman–Crippen LogP) is 4.04. The van der Waals surface area contributed by atoms with Gasteiger partial charge in [-0.3, -0.25) is 0 Å². The van der Waals surface area contributed by atoms with Crippen molar-refractivity contribution >= 4 is 11.6 Å². The fourth-order valence-corrected chi connectivity index (χ4v) is 3.07. The van der Waals surface area contributed by atoms with Crippen molar-refractivity contribution < 1.29 is 9.53 Å². The molecular formula is C20H24N4O2. The zero-order valence-corrected chi connectivity index (χ0v) is 15.7. The second kappa shape index (κ2) is 7.64. The molecule has 0 radical (unpaired) electrons. The van der Waals surface area contributed by atoms with Crippen molar-refractivity contribution in [2.75, 3.05) is 6.61 Å². The van der Waals surface area contributed by atoms with Crippen molar-refractivity contribution in [2.45, 2.75) is 46.5 Å². The Morgan fingerprint density at radius 2 is 1.88 bits per heavy atom. The monoisotopic (exact) mass is 352 g/mol. The zero-order chi connectivity index (χ0) is 18.7. The summed E-state index contributed by atoms with van der Waals surface area (Å²) in [5.41, 5.74) is 4.65. The van der Waals surface area contributed by atoms with Crippen LogP contribution in [0.4, 0.5) is 0 Å². The molecule has 0 unspecified atom stereocenters. The van der Waals surface area contributed by atoms with E-state index in [0.29, 0.717) is 18.7 Å². The summed E-state index contributed by atoms with van der Waals surface area (Å²) in [6, 6.07) is 10.1. The number of esters is 1. The van der Waals surface area contributed by atoms with E-state index in [4.69, 9.17) is 9.84 Å². The highest BCUT2D eigenvalue weighted by atomic mass is 16.5. The SMILES string of the molecule is CCCc1c(C(=O)OCC)nnc2c(-c3ccccc3)c(C(C)C)nn12. The molecule has 1 aromatic carbocycles. The van der Waals surface area contributed by atoms with E-state index in [0.717, 1.165) is 28.9 Å². The highest BCUT2D eigenvalue weighted by molar-refractivity contribution is 5.89. The fourth-order valence-electron chi connectivity index (χ4n) is 3.07. The summed E-state index contributed by atoms with van der Waals surface area (Å²) in [5, 5.41) is 13.4. The number of carbonyl (C=O) groups is 1. The molecule has 0 atom stereocenters. The molecule has 0 bridgehead atoms. The van der Waals surface area contributed by atoms with Crippen LogP contribution in [0.15, 0.2) is 30.3 Å². The standard InChI is InChI=1S/C20H24N4O2/c1-5-10-15-18(20(25)26-6-2)21-22-19-16(14-11-8-7-9-12-14)17(13(3)4)23-24(15)19/h7-9,11-13H,5-6,10H2,1-4H3. The summed E-state index contributed by atoms with van der Waals surface area (Å²) in [5.74, 6) is -0.236. The van der Waals surface area contributed by atoms with Crippen LogP contribution in [-0.2, 0) is 11.2 Å². The number of hydrogen-bond acceptors (Lipinski definition) is 5. The van der Waals surface area contributed by atoms with Gasteiger partial charge in [0.15, 0.2) is 11.3 Å². The third-order valence-corrected chi connectivity index (χ3v) is 4.23. The lowest BCUT2D eigenvalue weighted by Gasteiger charge is -2.08. The minimum Gasteiger partial charge on any atom is -0.461 e. The van der Waals surface area contributed by atoms with E-state index in [1.165, 1.54) is 0 Å². The third-order valence-electron chi connectivity index (χ3n) is 4.23. The Hall–Kier alpha value is -2.76. The first-order chi connectivity index (χ1) is 12.6. The molecule has 0 N–H and O–H groups in total. The Bertz CT molecular complexity index is 916. The van der Waals surface area contributed by atoms with Crippen LogP contribution in [0.5, 0.6) is 0 Å². The summed E-state index contributed by atoms with van der Waals surface area (Å²) in [6.07, 6.45) is 1.54. The van der Waals surface area contributed by atoms with Gasteiger partial charge in [-0.1, -0.05) is 57.5 Å². The minimum atomic E-state index is -0.451. The average molecular weight is 352 g/mol. The molecule has 26 heavy (non-hydrogen) atoms. The predicted molar refractivity (Wildman–Crippen MR) is 100 cm³/mol. The lowest BCUT2D eigenvalue weighted by atomic mass is 10.00. The first-order valence-electron chi connectivity index (χ1n) is 9.09. The molecule has 0 amide bonds. The van der Waals surface area contributed by atoms with Gasteiger partial charge in [0.25, 0.3) is 0 Å². The van der Waals surface area contributed by atoms with Crippen LogP contribution < -0.4 is 0 Å². The van der Waals surface area contributed by atoms with Crippen LogP contribution in [0.3, 0.4) is 0 Å².